The zero-order chi connectivity index (χ0) is 19.1. The molecular formula is C20H23N7O. The number of amides is 1. The van der Waals surface area contributed by atoms with Crippen LogP contribution in [0.5, 0.6) is 0 Å². The second-order valence-electron chi connectivity index (χ2n) is 7.53. The molecule has 8 nitrogen and oxygen atoms in total. The third-order valence-corrected chi connectivity index (χ3v) is 5.05. The molecule has 2 aliphatic rings. The maximum Gasteiger partial charge on any atom is 0.251 e. The fourth-order valence-corrected chi connectivity index (χ4v) is 3.22. The predicted molar refractivity (Wildman–Crippen MR) is 110 cm³/mol. The van der Waals surface area contributed by atoms with Crippen molar-refractivity contribution >= 4 is 39.5 Å². The zero-order valence-electron chi connectivity index (χ0n) is 15.5. The average molecular weight is 377 g/mol. The predicted octanol–water partition coefficient (Wildman–Crippen LogP) is 2.02. The highest BCUT2D eigenvalue weighted by Crippen LogP contribution is 2.33. The Labute approximate surface area is 162 Å². The van der Waals surface area contributed by atoms with Crippen LogP contribution in [0, 0.1) is 0 Å². The molecule has 1 amide bonds. The molecule has 0 aliphatic heterocycles. The number of nitrogens with zero attached hydrogens (tertiary/aromatic N) is 3. The van der Waals surface area contributed by atoms with Crippen LogP contribution < -0.4 is 21.7 Å². The molecular weight excluding hydrogens is 354 g/mol. The van der Waals surface area contributed by atoms with Crippen LogP contribution in [-0.4, -0.2) is 46.0 Å². The number of anilines is 2. The van der Waals surface area contributed by atoms with Gasteiger partial charge in [0.25, 0.3) is 5.91 Å². The van der Waals surface area contributed by atoms with Crippen molar-refractivity contribution in [2.75, 3.05) is 23.7 Å². The van der Waals surface area contributed by atoms with E-state index in [4.69, 9.17) is 15.7 Å². The lowest BCUT2D eigenvalue weighted by Crippen LogP contribution is -2.28. The molecule has 0 unspecified atom stereocenters. The molecule has 0 radical (unpaired) electrons. The van der Waals surface area contributed by atoms with E-state index >= 15 is 0 Å². The second-order valence-corrected chi connectivity index (χ2v) is 7.53. The molecule has 2 aliphatic carbocycles. The Hall–Kier alpha value is -3.00. The van der Waals surface area contributed by atoms with Gasteiger partial charge in [-0.25, -0.2) is 15.0 Å². The van der Waals surface area contributed by atoms with E-state index in [0.717, 1.165) is 40.5 Å². The summed E-state index contributed by atoms with van der Waals surface area (Å²) in [6.45, 7) is 0.855. The van der Waals surface area contributed by atoms with Crippen LogP contribution >= 0.6 is 0 Å². The second kappa shape index (κ2) is 6.87. The van der Waals surface area contributed by atoms with E-state index in [1.54, 1.807) is 6.07 Å². The molecule has 0 bridgehead atoms. The van der Waals surface area contributed by atoms with Crippen molar-refractivity contribution in [2.24, 2.45) is 5.73 Å². The molecule has 5 N–H and O–H groups in total. The van der Waals surface area contributed by atoms with Gasteiger partial charge in [0.05, 0.1) is 5.52 Å². The fourth-order valence-electron chi connectivity index (χ4n) is 3.22. The van der Waals surface area contributed by atoms with Gasteiger partial charge < -0.3 is 21.7 Å². The van der Waals surface area contributed by atoms with Crippen LogP contribution in [0.3, 0.4) is 0 Å². The van der Waals surface area contributed by atoms with E-state index < -0.39 is 0 Å². The number of carbonyl (C=O) groups excluding carboxylic acids is 1. The Bertz CT molecular complexity index is 1060. The van der Waals surface area contributed by atoms with Gasteiger partial charge in [0.15, 0.2) is 5.82 Å². The van der Waals surface area contributed by atoms with E-state index in [2.05, 4.69) is 20.9 Å². The number of benzene rings is 1. The smallest absolute Gasteiger partial charge is 0.251 e. The molecule has 8 heteroatoms. The van der Waals surface area contributed by atoms with E-state index in [1.807, 2.05) is 18.3 Å². The molecule has 0 spiro atoms. The van der Waals surface area contributed by atoms with Crippen LogP contribution in [-0.2, 0) is 0 Å². The van der Waals surface area contributed by atoms with Gasteiger partial charge >= 0.3 is 0 Å². The average Bonchev–Trinajstić information content (AvgIpc) is 3.63. The monoisotopic (exact) mass is 377 g/mol. The van der Waals surface area contributed by atoms with Gasteiger partial charge in [0.2, 0.25) is 5.95 Å². The van der Waals surface area contributed by atoms with Crippen molar-refractivity contribution in [1.29, 1.82) is 0 Å². The van der Waals surface area contributed by atoms with E-state index in [9.17, 15) is 4.79 Å². The number of fused-ring (bicyclic) bond motifs is 3. The maximum atomic E-state index is 12.3. The number of carbonyl (C=O) groups is 1. The van der Waals surface area contributed by atoms with Crippen molar-refractivity contribution in [3.05, 3.63) is 30.0 Å². The molecule has 2 fully saturated rings. The van der Waals surface area contributed by atoms with Crippen molar-refractivity contribution in [1.82, 2.24) is 20.3 Å². The lowest BCUT2D eigenvalue weighted by atomic mass is 10.1. The highest BCUT2D eigenvalue weighted by Gasteiger charge is 2.25. The number of nitrogens with two attached hydrogens (primary N) is 1. The standard InChI is InChI=1S/C20H23N7O/c21-7-8-22-19(28)11-1-6-14-15-10-23-20(25-13-4-5-13)27-17(15)18(24-12-2-3-12)26-16(14)9-11/h1,6,9-10,12-13H,2-5,7-8,21H2,(H,22,28)(H,24,26)(H,23,25,27). The van der Waals surface area contributed by atoms with Crippen molar-refractivity contribution in [3.8, 4) is 0 Å². The molecule has 5 rings (SSSR count). The first-order valence-corrected chi connectivity index (χ1v) is 9.83. The Kier molecular flexibility index (Phi) is 4.20. The summed E-state index contributed by atoms with van der Waals surface area (Å²) in [4.78, 5) is 26.3. The molecule has 3 aromatic rings. The molecule has 2 saturated carbocycles. The first kappa shape index (κ1) is 17.1. The highest BCUT2D eigenvalue weighted by molar-refractivity contribution is 6.10. The summed E-state index contributed by atoms with van der Waals surface area (Å²) in [5.74, 6) is 1.25. The number of hydrogen-bond acceptors (Lipinski definition) is 7. The van der Waals surface area contributed by atoms with Crippen LogP contribution in [0.1, 0.15) is 36.0 Å². The van der Waals surface area contributed by atoms with Crippen LogP contribution in [0.15, 0.2) is 24.4 Å². The molecule has 2 heterocycles. The summed E-state index contributed by atoms with van der Waals surface area (Å²) in [7, 11) is 0. The largest absolute Gasteiger partial charge is 0.366 e. The van der Waals surface area contributed by atoms with Crippen molar-refractivity contribution < 1.29 is 4.79 Å². The first-order chi connectivity index (χ1) is 13.7. The summed E-state index contributed by atoms with van der Waals surface area (Å²) < 4.78 is 0. The first-order valence-electron chi connectivity index (χ1n) is 9.83. The summed E-state index contributed by atoms with van der Waals surface area (Å²) >= 11 is 0. The summed E-state index contributed by atoms with van der Waals surface area (Å²) in [5.41, 5.74) is 7.61. The Morgan fingerprint density at radius 2 is 1.86 bits per heavy atom. The Morgan fingerprint density at radius 3 is 2.61 bits per heavy atom. The minimum absolute atomic E-state index is 0.147. The van der Waals surface area contributed by atoms with Gasteiger partial charge in [-0.1, -0.05) is 6.07 Å². The number of rotatable bonds is 7. The molecule has 2 aromatic heterocycles. The van der Waals surface area contributed by atoms with Crippen LogP contribution in [0.4, 0.5) is 11.8 Å². The third kappa shape index (κ3) is 3.43. The lowest BCUT2D eigenvalue weighted by molar-refractivity contribution is 0.0955. The molecule has 28 heavy (non-hydrogen) atoms. The molecule has 0 saturated heterocycles. The van der Waals surface area contributed by atoms with E-state index in [0.29, 0.717) is 36.7 Å². The topological polar surface area (TPSA) is 118 Å². The summed E-state index contributed by atoms with van der Waals surface area (Å²) in [5, 5.41) is 11.5. The van der Waals surface area contributed by atoms with Crippen molar-refractivity contribution in [2.45, 2.75) is 37.8 Å². The molecule has 1 aromatic carbocycles. The van der Waals surface area contributed by atoms with Crippen molar-refractivity contribution in [3.63, 3.8) is 0 Å². The van der Waals surface area contributed by atoms with E-state index in [-0.39, 0.29) is 5.91 Å². The number of pyridine rings is 1. The summed E-state index contributed by atoms with van der Waals surface area (Å²) in [6, 6.07) is 6.47. The molecule has 0 atom stereocenters. The lowest BCUT2D eigenvalue weighted by Gasteiger charge is -2.12. The van der Waals surface area contributed by atoms with Crippen LogP contribution in [0.25, 0.3) is 21.8 Å². The number of nitrogens with one attached hydrogen (secondary N) is 3. The normalized spacial score (nSPS) is 16.3. The highest BCUT2D eigenvalue weighted by atomic mass is 16.1. The quantitative estimate of drug-likeness (QED) is 0.465. The minimum Gasteiger partial charge on any atom is -0.366 e. The Morgan fingerprint density at radius 1 is 1.07 bits per heavy atom. The summed E-state index contributed by atoms with van der Waals surface area (Å²) in [6.07, 6.45) is 6.46. The van der Waals surface area contributed by atoms with Crippen LogP contribution in [0.2, 0.25) is 0 Å². The fraction of sp³-hybridized carbons (Fsp3) is 0.400. The maximum absolute atomic E-state index is 12.3. The third-order valence-electron chi connectivity index (χ3n) is 5.05. The SMILES string of the molecule is NCCNC(=O)c1ccc2c(c1)nc(NC1CC1)c1nc(NC3CC3)ncc12. The van der Waals surface area contributed by atoms with Gasteiger partial charge in [-0.2, -0.15) is 0 Å². The zero-order valence-corrected chi connectivity index (χ0v) is 15.5. The number of aromatic nitrogens is 3. The molecule has 144 valence electrons. The van der Waals surface area contributed by atoms with Gasteiger partial charge in [-0.05, 0) is 37.8 Å². The van der Waals surface area contributed by atoms with E-state index in [1.165, 1.54) is 12.8 Å². The number of hydrogen-bond donors (Lipinski definition) is 4. The van der Waals surface area contributed by atoms with Gasteiger partial charge in [0, 0.05) is 47.7 Å². The van der Waals surface area contributed by atoms with Gasteiger partial charge in [-0.15, -0.1) is 0 Å². The van der Waals surface area contributed by atoms with Gasteiger partial charge in [-0.3, -0.25) is 4.79 Å². The minimum atomic E-state index is -0.147. The Balaban J connectivity index is 1.60. The van der Waals surface area contributed by atoms with Gasteiger partial charge in [0.1, 0.15) is 5.52 Å².